The Morgan fingerprint density at radius 2 is 1.65 bits per heavy atom. The van der Waals surface area contributed by atoms with Crippen LogP contribution in [-0.2, 0) is 16.6 Å². The summed E-state index contributed by atoms with van der Waals surface area (Å²) in [5.74, 6) is 0.677. The first-order valence-electron chi connectivity index (χ1n) is 14.0. The zero-order chi connectivity index (χ0) is 30.1. The highest BCUT2D eigenvalue weighted by Gasteiger charge is 2.28. The van der Waals surface area contributed by atoms with Crippen LogP contribution in [0, 0.1) is 17.1 Å². The number of carbonyl (C=O) groups excluding carboxylic acids is 1. The normalized spacial score (nSPS) is 13.8. The summed E-state index contributed by atoms with van der Waals surface area (Å²) in [5.41, 5.74) is 1.93. The van der Waals surface area contributed by atoms with Crippen molar-refractivity contribution >= 4 is 39.8 Å². The van der Waals surface area contributed by atoms with Gasteiger partial charge in [-0.25, -0.2) is 17.6 Å². The summed E-state index contributed by atoms with van der Waals surface area (Å²) in [6.07, 6.45) is 4.64. The molecule has 43 heavy (non-hydrogen) atoms. The number of amides is 2. The standard InChI is InChI=1S/C31H36FN5O4S.ClH/c1-3-4-17-37(31(38)34-26-9-14-30(32)24(20-26)21-33)27-15-18-36(19-16-27)22-23-5-10-28(11-6-23)41-29-12-7-25(8-13-29)35-42(2,39)40;/h5-14,20,27,35H,3-4,15-19,22H2,1-2H3,(H,34,38);1H. The van der Waals surface area contributed by atoms with E-state index in [9.17, 15) is 17.6 Å². The van der Waals surface area contributed by atoms with Crippen LogP contribution < -0.4 is 14.8 Å². The summed E-state index contributed by atoms with van der Waals surface area (Å²) in [5, 5.41) is 12.0. The Kier molecular flexibility index (Phi) is 12.2. The van der Waals surface area contributed by atoms with E-state index in [2.05, 4.69) is 21.9 Å². The molecular weight excluding hydrogens is 593 g/mol. The van der Waals surface area contributed by atoms with Crippen molar-refractivity contribution in [2.45, 2.75) is 45.2 Å². The first-order chi connectivity index (χ1) is 20.1. The van der Waals surface area contributed by atoms with Crippen molar-refractivity contribution in [2.24, 2.45) is 0 Å². The van der Waals surface area contributed by atoms with Gasteiger partial charge in [-0.1, -0.05) is 25.5 Å². The average molecular weight is 630 g/mol. The molecule has 12 heteroatoms. The summed E-state index contributed by atoms with van der Waals surface area (Å²) >= 11 is 0. The number of ether oxygens (including phenoxy) is 1. The molecular formula is C31H37ClFN5O4S. The van der Waals surface area contributed by atoms with E-state index in [4.69, 9.17) is 10.00 Å². The predicted molar refractivity (Wildman–Crippen MR) is 169 cm³/mol. The van der Waals surface area contributed by atoms with Gasteiger partial charge in [0.2, 0.25) is 10.0 Å². The summed E-state index contributed by atoms with van der Waals surface area (Å²) in [4.78, 5) is 17.4. The van der Waals surface area contributed by atoms with Gasteiger partial charge in [0, 0.05) is 43.6 Å². The van der Waals surface area contributed by atoms with E-state index in [1.54, 1.807) is 24.3 Å². The van der Waals surface area contributed by atoms with Crippen LogP contribution in [0.25, 0.3) is 0 Å². The predicted octanol–water partition coefficient (Wildman–Crippen LogP) is 6.58. The molecule has 0 spiro atoms. The molecule has 0 bridgehead atoms. The third-order valence-corrected chi connectivity index (χ3v) is 7.68. The number of hydrogen-bond acceptors (Lipinski definition) is 6. The Labute approximate surface area is 259 Å². The fourth-order valence-corrected chi connectivity index (χ4v) is 5.48. The van der Waals surface area contributed by atoms with E-state index in [1.807, 2.05) is 35.2 Å². The molecule has 3 aromatic carbocycles. The quantitative estimate of drug-likeness (QED) is 0.248. The Bertz CT molecular complexity index is 1510. The van der Waals surface area contributed by atoms with Crippen LogP contribution in [-0.4, -0.2) is 56.2 Å². The Hall–Kier alpha value is -3.85. The van der Waals surface area contributed by atoms with Crippen LogP contribution in [0.4, 0.5) is 20.6 Å². The number of anilines is 2. The highest BCUT2D eigenvalue weighted by atomic mass is 35.5. The lowest BCUT2D eigenvalue weighted by molar-refractivity contribution is 0.122. The fourth-order valence-electron chi connectivity index (χ4n) is 4.91. The summed E-state index contributed by atoms with van der Waals surface area (Å²) in [6.45, 7) is 5.21. The molecule has 4 rings (SSSR count). The second-order valence-electron chi connectivity index (χ2n) is 10.4. The molecule has 0 atom stereocenters. The maximum atomic E-state index is 13.7. The number of sulfonamides is 1. The second-order valence-corrected chi connectivity index (χ2v) is 12.2. The third-order valence-electron chi connectivity index (χ3n) is 7.07. The number of nitrogens with one attached hydrogen (secondary N) is 2. The van der Waals surface area contributed by atoms with E-state index >= 15 is 0 Å². The molecule has 0 unspecified atom stereocenters. The number of nitrogens with zero attached hydrogens (tertiary/aromatic N) is 3. The van der Waals surface area contributed by atoms with Gasteiger partial charge in [0.25, 0.3) is 0 Å². The van der Waals surface area contributed by atoms with Crippen molar-refractivity contribution in [3.05, 3.63) is 83.7 Å². The van der Waals surface area contributed by atoms with Gasteiger partial charge in [-0.3, -0.25) is 9.62 Å². The van der Waals surface area contributed by atoms with Crippen LogP contribution in [0.3, 0.4) is 0 Å². The van der Waals surface area contributed by atoms with Gasteiger partial charge in [0.15, 0.2) is 0 Å². The van der Waals surface area contributed by atoms with Crippen LogP contribution in [0.5, 0.6) is 11.5 Å². The van der Waals surface area contributed by atoms with Gasteiger partial charge in [0.1, 0.15) is 23.4 Å². The number of benzene rings is 3. The fraction of sp³-hybridized carbons (Fsp3) is 0.355. The maximum absolute atomic E-state index is 13.7. The Morgan fingerprint density at radius 3 is 2.23 bits per heavy atom. The summed E-state index contributed by atoms with van der Waals surface area (Å²) < 4.78 is 44.8. The smallest absolute Gasteiger partial charge is 0.322 e. The number of unbranched alkanes of at least 4 members (excludes halogenated alkanes) is 1. The SMILES string of the molecule is CCCCN(C(=O)Nc1ccc(F)c(C#N)c1)C1CCN(Cc2ccc(Oc3ccc(NS(C)(=O)=O)cc3)cc2)CC1.Cl. The minimum Gasteiger partial charge on any atom is -0.457 e. The number of rotatable bonds is 11. The zero-order valence-electron chi connectivity index (χ0n) is 24.3. The average Bonchev–Trinajstić information content (AvgIpc) is 2.96. The maximum Gasteiger partial charge on any atom is 0.322 e. The molecule has 1 fully saturated rings. The number of halogens is 2. The zero-order valence-corrected chi connectivity index (χ0v) is 25.9. The van der Waals surface area contributed by atoms with E-state index in [0.717, 1.165) is 57.1 Å². The number of urea groups is 1. The second kappa shape index (κ2) is 15.6. The highest BCUT2D eigenvalue weighted by Crippen LogP contribution is 2.25. The third kappa shape index (κ3) is 10.1. The first kappa shape index (κ1) is 33.6. The monoisotopic (exact) mass is 629 g/mol. The number of hydrogen-bond donors (Lipinski definition) is 2. The lowest BCUT2D eigenvalue weighted by Gasteiger charge is -2.38. The van der Waals surface area contributed by atoms with Gasteiger partial charge in [-0.2, -0.15) is 5.26 Å². The Balaban J connectivity index is 0.00000506. The number of piperidine rings is 1. The van der Waals surface area contributed by atoms with Crippen molar-refractivity contribution in [1.82, 2.24) is 9.80 Å². The molecule has 0 radical (unpaired) electrons. The molecule has 1 aliphatic heterocycles. The topological polar surface area (TPSA) is 115 Å². The number of likely N-dealkylation sites (tertiary alicyclic amines) is 1. The van der Waals surface area contributed by atoms with E-state index in [1.165, 1.54) is 18.2 Å². The summed E-state index contributed by atoms with van der Waals surface area (Å²) in [6, 6.07) is 20.3. The van der Waals surface area contributed by atoms with E-state index in [0.29, 0.717) is 29.4 Å². The van der Waals surface area contributed by atoms with Crippen molar-refractivity contribution in [1.29, 1.82) is 5.26 Å². The molecule has 2 amide bonds. The molecule has 230 valence electrons. The minimum atomic E-state index is -3.33. The molecule has 0 aromatic heterocycles. The molecule has 3 aromatic rings. The van der Waals surface area contributed by atoms with E-state index in [-0.39, 0.29) is 30.0 Å². The van der Waals surface area contributed by atoms with Gasteiger partial charge in [-0.05, 0) is 79.4 Å². The number of nitriles is 1. The molecule has 0 aliphatic carbocycles. The van der Waals surface area contributed by atoms with Gasteiger partial charge in [0.05, 0.1) is 11.8 Å². The molecule has 1 aliphatic rings. The summed E-state index contributed by atoms with van der Waals surface area (Å²) in [7, 11) is -3.33. The largest absolute Gasteiger partial charge is 0.457 e. The molecule has 2 N–H and O–H groups in total. The van der Waals surface area contributed by atoms with Crippen LogP contribution in [0.2, 0.25) is 0 Å². The van der Waals surface area contributed by atoms with Crippen LogP contribution >= 0.6 is 12.4 Å². The molecule has 1 heterocycles. The van der Waals surface area contributed by atoms with E-state index < -0.39 is 15.8 Å². The van der Waals surface area contributed by atoms with Crippen molar-refractivity contribution in [3.8, 4) is 17.6 Å². The van der Waals surface area contributed by atoms with Gasteiger partial charge < -0.3 is 15.0 Å². The van der Waals surface area contributed by atoms with Crippen LogP contribution in [0.15, 0.2) is 66.7 Å². The van der Waals surface area contributed by atoms with Crippen molar-refractivity contribution in [2.75, 3.05) is 35.9 Å². The van der Waals surface area contributed by atoms with Gasteiger partial charge in [-0.15, -0.1) is 12.4 Å². The highest BCUT2D eigenvalue weighted by molar-refractivity contribution is 7.92. The van der Waals surface area contributed by atoms with Crippen LogP contribution in [0.1, 0.15) is 43.7 Å². The van der Waals surface area contributed by atoms with Crippen molar-refractivity contribution < 1.29 is 22.3 Å². The lowest BCUT2D eigenvalue weighted by atomic mass is 10.0. The first-order valence-corrected chi connectivity index (χ1v) is 15.9. The van der Waals surface area contributed by atoms with Crippen molar-refractivity contribution in [3.63, 3.8) is 0 Å². The Morgan fingerprint density at radius 1 is 1.05 bits per heavy atom. The van der Waals surface area contributed by atoms with Gasteiger partial charge >= 0.3 is 6.03 Å². The molecule has 9 nitrogen and oxygen atoms in total. The lowest BCUT2D eigenvalue weighted by Crippen LogP contribution is -2.49. The number of carbonyl (C=O) groups is 1. The molecule has 0 saturated carbocycles. The minimum absolute atomic E-state index is 0. The molecule has 1 saturated heterocycles.